The smallest absolute Gasteiger partial charge is 0.227 e. The first-order valence-electron chi connectivity index (χ1n) is 6.56. The van der Waals surface area contributed by atoms with E-state index in [4.69, 9.17) is 5.53 Å². The van der Waals surface area contributed by atoms with Crippen molar-refractivity contribution in [3.63, 3.8) is 0 Å². The Kier molecular flexibility index (Phi) is 3.08. The van der Waals surface area contributed by atoms with E-state index < -0.39 is 0 Å². The van der Waals surface area contributed by atoms with Crippen LogP contribution < -0.4 is 4.90 Å². The van der Waals surface area contributed by atoms with Crippen LogP contribution in [0.4, 0.5) is 5.69 Å². The van der Waals surface area contributed by atoms with E-state index in [0.29, 0.717) is 19.5 Å². The molecule has 1 atom stereocenters. The van der Waals surface area contributed by atoms with Gasteiger partial charge in [0.25, 0.3) is 0 Å². The third-order valence-corrected chi connectivity index (χ3v) is 3.80. The molecule has 102 valence electrons. The number of fused-ring (bicyclic) bond motifs is 1. The van der Waals surface area contributed by atoms with E-state index in [0.717, 1.165) is 16.6 Å². The van der Waals surface area contributed by atoms with E-state index >= 15 is 0 Å². The van der Waals surface area contributed by atoms with Crippen LogP contribution in [-0.2, 0) is 11.8 Å². The van der Waals surface area contributed by atoms with Crippen molar-refractivity contribution in [2.45, 2.75) is 6.42 Å². The first kappa shape index (κ1) is 12.6. The highest BCUT2D eigenvalue weighted by atomic mass is 16.2. The molecule has 0 aliphatic carbocycles. The molecule has 1 aliphatic rings. The number of aromatic nitrogens is 1. The quantitative estimate of drug-likeness (QED) is 0.479. The second kappa shape index (κ2) is 4.90. The fraction of sp³-hybridized carbons (Fsp3) is 0.357. The summed E-state index contributed by atoms with van der Waals surface area (Å²) >= 11 is 0. The van der Waals surface area contributed by atoms with Crippen molar-refractivity contribution in [1.29, 1.82) is 0 Å². The fourth-order valence-electron chi connectivity index (χ4n) is 2.81. The zero-order valence-electron chi connectivity index (χ0n) is 11.2. The SMILES string of the molecule is Cn1ccc2c(N3CC(CN=[N+]=[N-])CC3=O)cccc21. The third kappa shape index (κ3) is 2.00. The first-order chi connectivity index (χ1) is 9.70. The maximum atomic E-state index is 12.2. The van der Waals surface area contributed by atoms with Crippen molar-refractivity contribution in [3.8, 4) is 0 Å². The number of anilines is 1. The van der Waals surface area contributed by atoms with Gasteiger partial charge in [-0.2, -0.15) is 0 Å². The van der Waals surface area contributed by atoms with Gasteiger partial charge in [-0.25, -0.2) is 0 Å². The summed E-state index contributed by atoms with van der Waals surface area (Å²) in [4.78, 5) is 16.8. The second-order valence-electron chi connectivity index (χ2n) is 5.12. The number of amides is 1. The number of aryl methyl sites for hydroxylation is 1. The van der Waals surface area contributed by atoms with Crippen molar-refractivity contribution in [3.05, 3.63) is 40.9 Å². The number of carbonyl (C=O) groups is 1. The maximum absolute atomic E-state index is 12.2. The van der Waals surface area contributed by atoms with Crippen LogP contribution in [0.2, 0.25) is 0 Å². The van der Waals surface area contributed by atoms with Crippen LogP contribution in [0, 0.1) is 5.92 Å². The lowest BCUT2D eigenvalue weighted by molar-refractivity contribution is -0.117. The molecule has 6 heteroatoms. The Hall–Kier alpha value is -2.46. The molecule has 6 nitrogen and oxygen atoms in total. The van der Waals surface area contributed by atoms with Gasteiger partial charge in [0.2, 0.25) is 5.91 Å². The monoisotopic (exact) mass is 269 g/mol. The molecule has 1 aromatic heterocycles. The molecule has 1 fully saturated rings. The van der Waals surface area contributed by atoms with E-state index in [9.17, 15) is 4.79 Å². The number of benzene rings is 1. The first-order valence-corrected chi connectivity index (χ1v) is 6.56. The van der Waals surface area contributed by atoms with E-state index in [2.05, 4.69) is 10.0 Å². The Morgan fingerprint density at radius 3 is 3.10 bits per heavy atom. The zero-order valence-corrected chi connectivity index (χ0v) is 11.2. The third-order valence-electron chi connectivity index (χ3n) is 3.80. The Morgan fingerprint density at radius 1 is 1.45 bits per heavy atom. The topological polar surface area (TPSA) is 74.0 Å². The number of azide groups is 1. The largest absolute Gasteiger partial charge is 0.350 e. The second-order valence-corrected chi connectivity index (χ2v) is 5.12. The Morgan fingerprint density at radius 2 is 2.30 bits per heavy atom. The van der Waals surface area contributed by atoms with Crippen LogP contribution in [0.3, 0.4) is 0 Å². The van der Waals surface area contributed by atoms with Crippen LogP contribution in [-0.4, -0.2) is 23.6 Å². The number of hydrogen-bond acceptors (Lipinski definition) is 2. The molecule has 2 aromatic rings. The Bertz CT molecular complexity index is 713. The molecule has 1 amide bonds. The maximum Gasteiger partial charge on any atom is 0.227 e. The molecule has 0 radical (unpaired) electrons. The van der Waals surface area contributed by atoms with Gasteiger partial charge in [0, 0.05) is 48.6 Å². The minimum absolute atomic E-state index is 0.0968. The summed E-state index contributed by atoms with van der Waals surface area (Å²) < 4.78 is 2.04. The molecule has 0 saturated carbocycles. The predicted molar refractivity (Wildman–Crippen MR) is 77.4 cm³/mol. The van der Waals surface area contributed by atoms with Gasteiger partial charge in [-0.1, -0.05) is 11.2 Å². The van der Waals surface area contributed by atoms with Crippen molar-refractivity contribution in [2.24, 2.45) is 18.1 Å². The summed E-state index contributed by atoms with van der Waals surface area (Å²) in [7, 11) is 1.99. The molecular weight excluding hydrogens is 254 g/mol. The molecular formula is C14H15N5O. The molecule has 1 saturated heterocycles. The van der Waals surface area contributed by atoms with Gasteiger partial charge in [0.05, 0.1) is 5.69 Å². The van der Waals surface area contributed by atoms with Gasteiger partial charge in [-0.15, -0.1) is 0 Å². The van der Waals surface area contributed by atoms with Gasteiger partial charge in [-0.3, -0.25) is 4.79 Å². The molecule has 0 N–H and O–H groups in total. The van der Waals surface area contributed by atoms with E-state index in [-0.39, 0.29) is 11.8 Å². The zero-order chi connectivity index (χ0) is 14.1. The van der Waals surface area contributed by atoms with E-state index in [1.807, 2.05) is 42.1 Å². The average molecular weight is 269 g/mol. The van der Waals surface area contributed by atoms with Crippen molar-refractivity contribution in [1.82, 2.24) is 4.57 Å². The van der Waals surface area contributed by atoms with Crippen molar-refractivity contribution >= 4 is 22.5 Å². The van der Waals surface area contributed by atoms with Crippen molar-refractivity contribution in [2.75, 3.05) is 18.0 Å². The lowest BCUT2D eigenvalue weighted by Gasteiger charge is -2.17. The summed E-state index contributed by atoms with van der Waals surface area (Å²) in [6, 6.07) is 8.00. The highest BCUT2D eigenvalue weighted by Gasteiger charge is 2.31. The molecule has 1 unspecified atom stereocenters. The van der Waals surface area contributed by atoms with Crippen LogP contribution >= 0.6 is 0 Å². The number of nitrogens with zero attached hydrogens (tertiary/aromatic N) is 5. The molecule has 0 spiro atoms. The Balaban J connectivity index is 1.95. The highest BCUT2D eigenvalue weighted by molar-refractivity contribution is 6.04. The highest BCUT2D eigenvalue weighted by Crippen LogP contribution is 2.32. The van der Waals surface area contributed by atoms with Gasteiger partial charge in [0.1, 0.15) is 0 Å². The number of hydrogen-bond donors (Lipinski definition) is 0. The van der Waals surface area contributed by atoms with Gasteiger partial charge < -0.3 is 9.47 Å². The molecule has 0 bridgehead atoms. The predicted octanol–water partition coefficient (Wildman–Crippen LogP) is 2.84. The van der Waals surface area contributed by atoms with Crippen LogP contribution in [0.15, 0.2) is 35.6 Å². The molecule has 20 heavy (non-hydrogen) atoms. The summed E-state index contributed by atoms with van der Waals surface area (Å²) in [6.45, 7) is 0.995. The van der Waals surface area contributed by atoms with Crippen LogP contribution in [0.1, 0.15) is 6.42 Å². The number of rotatable bonds is 3. The normalized spacial score (nSPS) is 18.6. The van der Waals surface area contributed by atoms with E-state index in [1.165, 1.54) is 0 Å². The minimum Gasteiger partial charge on any atom is -0.350 e. The van der Waals surface area contributed by atoms with Crippen LogP contribution in [0.5, 0.6) is 0 Å². The van der Waals surface area contributed by atoms with Gasteiger partial charge in [0.15, 0.2) is 0 Å². The summed E-state index contributed by atoms with van der Waals surface area (Å²) in [5, 5.41) is 4.66. The summed E-state index contributed by atoms with van der Waals surface area (Å²) in [5.74, 6) is 0.205. The van der Waals surface area contributed by atoms with Crippen molar-refractivity contribution < 1.29 is 4.79 Å². The molecule has 1 aliphatic heterocycles. The summed E-state index contributed by atoms with van der Waals surface area (Å²) in [5.41, 5.74) is 10.4. The molecule has 1 aromatic carbocycles. The number of carbonyl (C=O) groups excluding carboxylic acids is 1. The minimum atomic E-state index is 0.0968. The lowest BCUT2D eigenvalue weighted by Crippen LogP contribution is -2.24. The molecule has 3 rings (SSSR count). The van der Waals surface area contributed by atoms with Gasteiger partial charge >= 0.3 is 0 Å². The average Bonchev–Trinajstić information content (AvgIpc) is 3.00. The molecule has 2 heterocycles. The standard InChI is InChI=1S/C14H15N5O/c1-18-6-5-11-12(18)3-2-4-13(11)19-9-10(7-14(19)20)8-16-17-15/h2-6,10H,7-9H2,1H3. The lowest BCUT2D eigenvalue weighted by atomic mass is 10.1. The van der Waals surface area contributed by atoms with E-state index in [1.54, 1.807) is 4.90 Å². The summed E-state index contributed by atoms with van der Waals surface area (Å²) in [6.07, 6.45) is 2.44. The van der Waals surface area contributed by atoms with Gasteiger partial charge in [-0.05, 0) is 29.6 Å². The fourth-order valence-corrected chi connectivity index (χ4v) is 2.81. The van der Waals surface area contributed by atoms with Crippen LogP contribution in [0.25, 0.3) is 21.3 Å². The Labute approximate surface area is 116 Å².